The standard InChI is InChI=1S/C25H24N2O6/c1-16(32-22-11-9-21(29)10-12-22)24(30)26-15-18-5-3-7-20(13-18)27-25(31)19-6-4-8-23(14-19)33-17(2)28/h3-14,16,29H,15H2,1-2H3,(H,26,30)(H,27,31). The number of esters is 1. The summed E-state index contributed by atoms with van der Waals surface area (Å²) in [4.78, 5) is 36.0. The van der Waals surface area contributed by atoms with Crippen molar-refractivity contribution in [1.82, 2.24) is 5.32 Å². The van der Waals surface area contributed by atoms with Crippen LogP contribution >= 0.6 is 0 Å². The van der Waals surface area contributed by atoms with Gasteiger partial charge in [-0.25, -0.2) is 0 Å². The molecular weight excluding hydrogens is 424 g/mol. The Kier molecular flexibility index (Phi) is 7.64. The highest BCUT2D eigenvalue weighted by Gasteiger charge is 2.15. The number of hydrogen-bond acceptors (Lipinski definition) is 6. The summed E-state index contributed by atoms with van der Waals surface area (Å²) in [5.41, 5.74) is 1.68. The van der Waals surface area contributed by atoms with E-state index in [4.69, 9.17) is 9.47 Å². The number of hydrogen-bond donors (Lipinski definition) is 3. The molecule has 0 aromatic heterocycles. The van der Waals surface area contributed by atoms with Crippen LogP contribution in [0.2, 0.25) is 0 Å². The first-order chi connectivity index (χ1) is 15.8. The van der Waals surface area contributed by atoms with E-state index < -0.39 is 12.1 Å². The highest BCUT2D eigenvalue weighted by atomic mass is 16.5. The topological polar surface area (TPSA) is 114 Å². The van der Waals surface area contributed by atoms with Crippen LogP contribution in [0.1, 0.15) is 29.8 Å². The lowest BCUT2D eigenvalue weighted by Crippen LogP contribution is -2.35. The van der Waals surface area contributed by atoms with Crippen molar-refractivity contribution in [1.29, 1.82) is 0 Å². The van der Waals surface area contributed by atoms with Crippen LogP contribution in [0, 0.1) is 0 Å². The zero-order valence-corrected chi connectivity index (χ0v) is 18.2. The van der Waals surface area contributed by atoms with Gasteiger partial charge in [0.1, 0.15) is 17.2 Å². The normalized spacial score (nSPS) is 11.2. The molecule has 0 saturated heterocycles. The van der Waals surface area contributed by atoms with Crippen molar-refractivity contribution in [2.24, 2.45) is 0 Å². The van der Waals surface area contributed by atoms with E-state index in [1.54, 1.807) is 55.5 Å². The summed E-state index contributed by atoms with van der Waals surface area (Å²) in [5.74, 6) is -0.261. The summed E-state index contributed by atoms with van der Waals surface area (Å²) >= 11 is 0. The van der Waals surface area contributed by atoms with E-state index in [1.165, 1.54) is 25.1 Å². The minimum Gasteiger partial charge on any atom is -0.508 e. The maximum atomic E-state index is 12.6. The van der Waals surface area contributed by atoms with Crippen molar-refractivity contribution in [3.8, 4) is 17.2 Å². The molecule has 170 valence electrons. The average molecular weight is 448 g/mol. The molecule has 3 rings (SSSR count). The molecule has 0 heterocycles. The van der Waals surface area contributed by atoms with Crippen molar-refractivity contribution in [2.75, 3.05) is 5.32 Å². The Hall–Kier alpha value is -4.33. The lowest BCUT2D eigenvalue weighted by Gasteiger charge is -2.15. The van der Waals surface area contributed by atoms with Crippen molar-refractivity contribution < 1.29 is 29.0 Å². The van der Waals surface area contributed by atoms with E-state index in [0.29, 0.717) is 17.0 Å². The van der Waals surface area contributed by atoms with E-state index in [0.717, 1.165) is 5.56 Å². The number of anilines is 1. The van der Waals surface area contributed by atoms with Gasteiger partial charge in [0.2, 0.25) is 0 Å². The van der Waals surface area contributed by atoms with Gasteiger partial charge in [-0.15, -0.1) is 0 Å². The van der Waals surface area contributed by atoms with E-state index in [1.807, 2.05) is 6.07 Å². The van der Waals surface area contributed by atoms with Crippen LogP contribution in [0.5, 0.6) is 17.2 Å². The van der Waals surface area contributed by atoms with E-state index >= 15 is 0 Å². The maximum absolute atomic E-state index is 12.6. The lowest BCUT2D eigenvalue weighted by atomic mass is 10.1. The number of carbonyl (C=O) groups is 3. The van der Waals surface area contributed by atoms with Gasteiger partial charge >= 0.3 is 5.97 Å². The first kappa shape index (κ1) is 23.3. The average Bonchev–Trinajstić information content (AvgIpc) is 2.79. The number of nitrogens with one attached hydrogen (secondary N) is 2. The second-order valence-electron chi connectivity index (χ2n) is 7.25. The smallest absolute Gasteiger partial charge is 0.308 e. The van der Waals surface area contributed by atoms with Crippen LogP contribution in [0.3, 0.4) is 0 Å². The maximum Gasteiger partial charge on any atom is 0.308 e. The van der Waals surface area contributed by atoms with Gasteiger partial charge in [-0.05, 0) is 67.1 Å². The molecule has 3 aromatic carbocycles. The van der Waals surface area contributed by atoms with Gasteiger partial charge in [0.15, 0.2) is 6.10 Å². The Labute approximate surface area is 191 Å². The summed E-state index contributed by atoms with van der Waals surface area (Å²) in [6, 6.07) is 19.5. The molecule has 0 radical (unpaired) electrons. The van der Waals surface area contributed by atoms with Crippen molar-refractivity contribution in [2.45, 2.75) is 26.5 Å². The Bertz CT molecular complexity index is 1140. The summed E-state index contributed by atoms with van der Waals surface area (Å²) < 4.78 is 10.6. The number of benzene rings is 3. The van der Waals surface area contributed by atoms with Crippen LogP contribution in [-0.4, -0.2) is 29.0 Å². The van der Waals surface area contributed by atoms with Gasteiger partial charge in [0.25, 0.3) is 11.8 Å². The molecule has 0 bridgehead atoms. The van der Waals surface area contributed by atoms with Crippen molar-refractivity contribution >= 4 is 23.5 Å². The molecule has 0 aliphatic carbocycles. The van der Waals surface area contributed by atoms with Gasteiger partial charge in [-0.1, -0.05) is 18.2 Å². The van der Waals surface area contributed by atoms with Gasteiger partial charge in [-0.3, -0.25) is 14.4 Å². The summed E-state index contributed by atoms with van der Waals surface area (Å²) in [5, 5.41) is 14.9. The van der Waals surface area contributed by atoms with Gasteiger partial charge in [-0.2, -0.15) is 0 Å². The molecule has 0 fully saturated rings. The third-order valence-corrected chi connectivity index (χ3v) is 4.53. The predicted octanol–water partition coefficient (Wildman–Crippen LogP) is 3.65. The second-order valence-corrected chi connectivity index (χ2v) is 7.25. The lowest BCUT2D eigenvalue weighted by molar-refractivity contribution is -0.132. The molecule has 3 N–H and O–H groups in total. The molecule has 8 nitrogen and oxygen atoms in total. The third-order valence-electron chi connectivity index (χ3n) is 4.53. The summed E-state index contributed by atoms with van der Waals surface area (Å²) in [7, 11) is 0. The summed E-state index contributed by atoms with van der Waals surface area (Å²) in [6.07, 6.45) is -0.734. The van der Waals surface area contributed by atoms with E-state index in [9.17, 15) is 19.5 Å². The summed E-state index contributed by atoms with van der Waals surface area (Å²) in [6.45, 7) is 3.16. The molecule has 0 aliphatic rings. The molecule has 3 aromatic rings. The van der Waals surface area contributed by atoms with E-state index in [-0.39, 0.29) is 29.9 Å². The predicted molar refractivity (Wildman–Crippen MR) is 122 cm³/mol. The molecule has 8 heteroatoms. The minimum atomic E-state index is -0.734. The quantitative estimate of drug-likeness (QED) is 0.358. The molecule has 0 aliphatic heterocycles. The SMILES string of the molecule is CC(=O)Oc1cccc(C(=O)Nc2cccc(CNC(=O)C(C)Oc3ccc(O)cc3)c2)c1. The number of aromatic hydroxyl groups is 1. The Morgan fingerprint density at radius 1 is 0.939 bits per heavy atom. The van der Waals surface area contributed by atoms with Crippen LogP contribution in [0.4, 0.5) is 5.69 Å². The number of amides is 2. The first-order valence-electron chi connectivity index (χ1n) is 10.2. The Balaban J connectivity index is 1.56. The first-order valence-corrected chi connectivity index (χ1v) is 10.2. The fourth-order valence-electron chi connectivity index (χ4n) is 2.94. The molecule has 2 amide bonds. The Morgan fingerprint density at radius 2 is 1.67 bits per heavy atom. The second kappa shape index (κ2) is 10.8. The van der Waals surface area contributed by atoms with Crippen LogP contribution < -0.4 is 20.1 Å². The number of carbonyl (C=O) groups excluding carboxylic acids is 3. The van der Waals surface area contributed by atoms with Gasteiger partial charge in [0.05, 0.1) is 0 Å². The molecule has 33 heavy (non-hydrogen) atoms. The number of phenols is 1. The van der Waals surface area contributed by atoms with Crippen molar-refractivity contribution in [3.05, 3.63) is 83.9 Å². The number of phenolic OH excluding ortho intramolecular Hbond substituents is 1. The van der Waals surface area contributed by atoms with Crippen LogP contribution in [0.15, 0.2) is 72.8 Å². The van der Waals surface area contributed by atoms with E-state index in [2.05, 4.69) is 10.6 Å². The van der Waals surface area contributed by atoms with Crippen molar-refractivity contribution in [3.63, 3.8) is 0 Å². The zero-order valence-electron chi connectivity index (χ0n) is 18.2. The van der Waals surface area contributed by atoms with Crippen LogP contribution in [0.25, 0.3) is 0 Å². The molecule has 0 saturated carbocycles. The number of ether oxygens (including phenoxy) is 2. The molecule has 1 atom stereocenters. The highest BCUT2D eigenvalue weighted by molar-refractivity contribution is 6.04. The van der Waals surface area contributed by atoms with Gasteiger partial charge in [0, 0.05) is 24.7 Å². The third kappa shape index (κ3) is 7.10. The number of rotatable bonds is 8. The molecular formula is C25H24N2O6. The molecule has 1 unspecified atom stereocenters. The highest BCUT2D eigenvalue weighted by Crippen LogP contribution is 2.18. The molecule has 0 spiro atoms. The van der Waals surface area contributed by atoms with Crippen LogP contribution in [-0.2, 0) is 16.1 Å². The fraction of sp³-hybridized carbons (Fsp3) is 0.160. The Morgan fingerprint density at radius 3 is 2.39 bits per heavy atom. The zero-order chi connectivity index (χ0) is 23.8. The largest absolute Gasteiger partial charge is 0.508 e. The minimum absolute atomic E-state index is 0.114. The monoisotopic (exact) mass is 448 g/mol. The van der Waals surface area contributed by atoms with Gasteiger partial charge < -0.3 is 25.2 Å². The fourth-order valence-corrected chi connectivity index (χ4v) is 2.94.